The van der Waals surface area contributed by atoms with E-state index >= 15 is 0 Å². The summed E-state index contributed by atoms with van der Waals surface area (Å²) in [6, 6.07) is 12.9. The minimum Gasteiger partial charge on any atom is -0.497 e. The lowest BCUT2D eigenvalue weighted by Crippen LogP contribution is -2.07. The summed E-state index contributed by atoms with van der Waals surface area (Å²) in [4.78, 5) is 0. The fourth-order valence-electron chi connectivity index (χ4n) is 1.96. The third kappa shape index (κ3) is 3.71. The molecule has 20 heavy (non-hydrogen) atoms. The highest BCUT2D eigenvalue weighted by molar-refractivity contribution is 5.46. The van der Waals surface area contributed by atoms with E-state index in [1.165, 1.54) is 11.6 Å². The van der Waals surface area contributed by atoms with E-state index in [1.807, 2.05) is 30.3 Å². The molecule has 0 saturated heterocycles. The van der Waals surface area contributed by atoms with Gasteiger partial charge in [-0.1, -0.05) is 18.2 Å². The topological polar surface area (TPSA) is 47.3 Å². The number of nitrogens with two attached hydrogens (primary N) is 1. The molecule has 0 saturated carbocycles. The zero-order chi connectivity index (χ0) is 14.4. The molecule has 0 fully saturated rings. The molecule has 3 N–H and O–H groups in total. The van der Waals surface area contributed by atoms with E-state index in [9.17, 15) is 4.39 Å². The lowest BCUT2D eigenvalue weighted by Gasteiger charge is -2.09. The number of rotatable bonds is 6. The average molecular weight is 274 g/mol. The highest BCUT2D eigenvalue weighted by atomic mass is 19.1. The van der Waals surface area contributed by atoms with Crippen molar-refractivity contribution in [3.8, 4) is 5.75 Å². The maximum Gasteiger partial charge on any atom is 0.146 e. The molecular formula is C16H19FN2O. The summed E-state index contributed by atoms with van der Waals surface area (Å²) in [6.07, 6.45) is 0.822. The first-order valence-electron chi connectivity index (χ1n) is 6.58. The first kappa shape index (κ1) is 14.3. The van der Waals surface area contributed by atoms with Crippen LogP contribution in [0.1, 0.15) is 11.1 Å². The van der Waals surface area contributed by atoms with Crippen LogP contribution in [0.25, 0.3) is 0 Å². The standard InChI is InChI=1S/C16H19FN2O/c1-20-14-5-2-12(3-6-14)8-9-19-16-7-4-13(11-18)10-15(16)17/h2-7,10,19H,8-9,11,18H2,1H3. The van der Waals surface area contributed by atoms with Crippen LogP contribution in [0.5, 0.6) is 5.75 Å². The molecule has 4 heteroatoms. The Bertz CT molecular complexity index is 555. The lowest BCUT2D eigenvalue weighted by atomic mass is 10.1. The second-order valence-electron chi connectivity index (χ2n) is 4.54. The van der Waals surface area contributed by atoms with Crippen LogP contribution in [0, 0.1) is 5.82 Å². The number of benzene rings is 2. The second-order valence-corrected chi connectivity index (χ2v) is 4.54. The van der Waals surface area contributed by atoms with Gasteiger partial charge in [0.15, 0.2) is 0 Å². The Morgan fingerprint density at radius 2 is 1.80 bits per heavy atom. The van der Waals surface area contributed by atoms with Crippen LogP contribution in [-0.2, 0) is 13.0 Å². The summed E-state index contributed by atoms with van der Waals surface area (Å²) >= 11 is 0. The van der Waals surface area contributed by atoms with E-state index in [0.29, 0.717) is 18.8 Å². The van der Waals surface area contributed by atoms with Crippen LogP contribution >= 0.6 is 0 Å². The summed E-state index contributed by atoms with van der Waals surface area (Å²) in [7, 11) is 1.64. The molecular weight excluding hydrogens is 255 g/mol. The maximum absolute atomic E-state index is 13.7. The smallest absolute Gasteiger partial charge is 0.146 e. The largest absolute Gasteiger partial charge is 0.497 e. The van der Waals surface area contributed by atoms with Crippen LogP contribution in [0.2, 0.25) is 0 Å². The van der Waals surface area contributed by atoms with Gasteiger partial charge in [-0.3, -0.25) is 0 Å². The van der Waals surface area contributed by atoms with Crippen molar-refractivity contribution in [2.24, 2.45) is 5.73 Å². The van der Waals surface area contributed by atoms with Crippen LogP contribution < -0.4 is 15.8 Å². The van der Waals surface area contributed by atoms with Gasteiger partial charge in [0.2, 0.25) is 0 Å². The van der Waals surface area contributed by atoms with Gasteiger partial charge in [0.1, 0.15) is 11.6 Å². The van der Waals surface area contributed by atoms with Gasteiger partial charge in [0.25, 0.3) is 0 Å². The number of hydrogen-bond acceptors (Lipinski definition) is 3. The second kappa shape index (κ2) is 6.91. The van der Waals surface area contributed by atoms with E-state index in [-0.39, 0.29) is 5.82 Å². The summed E-state index contributed by atoms with van der Waals surface area (Å²) in [5.74, 6) is 0.577. The Labute approximate surface area is 118 Å². The SMILES string of the molecule is COc1ccc(CCNc2ccc(CN)cc2F)cc1. The van der Waals surface area contributed by atoms with E-state index in [2.05, 4.69) is 5.32 Å². The van der Waals surface area contributed by atoms with Gasteiger partial charge in [-0.2, -0.15) is 0 Å². The van der Waals surface area contributed by atoms with E-state index in [0.717, 1.165) is 17.7 Å². The number of ether oxygens (including phenoxy) is 1. The van der Waals surface area contributed by atoms with Gasteiger partial charge in [-0.05, 0) is 41.8 Å². The predicted molar refractivity (Wildman–Crippen MR) is 79.5 cm³/mol. The van der Waals surface area contributed by atoms with Crippen LogP contribution in [0.3, 0.4) is 0 Å². The van der Waals surface area contributed by atoms with Gasteiger partial charge < -0.3 is 15.8 Å². The molecule has 0 bridgehead atoms. The molecule has 0 aliphatic carbocycles. The van der Waals surface area contributed by atoms with Crippen molar-refractivity contribution in [3.63, 3.8) is 0 Å². The number of halogens is 1. The monoisotopic (exact) mass is 274 g/mol. The van der Waals surface area contributed by atoms with Crippen molar-refractivity contribution in [1.29, 1.82) is 0 Å². The Kier molecular flexibility index (Phi) is 4.96. The third-order valence-electron chi connectivity index (χ3n) is 3.16. The molecule has 0 heterocycles. The Morgan fingerprint density at radius 1 is 1.10 bits per heavy atom. The van der Waals surface area contributed by atoms with Gasteiger partial charge in [0.05, 0.1) is 12.8 Å². The van der Waals surface area contributed by atoms with Crippen LogP contribution in [0.4, 0.5) is 10.1 Å². The highest BCUT2D eigenvalue weighted by Crippen LogP contribution is 2.16. The van der Waals surface area contributed by atoms with Crippen LogP contribution in [-0.4, -0.2) is 13.7 Å². The molecule has 3 nitrogen and oxygen atoms in total. The van der Waals surface area contributed by atoms with E-state index in [1.54, 1.807) is 13.2 Å². The zero-order valence-electron chi connectivity index (χ0n) is 11.5. The summed E-state index contributed by atoms with van der Waals surface area (Å²) in [6.45, 7) is 1.02. The normalized spacial score (nSPS) is 10.3. The first-order chi connectivity index (χ1) is 9.72. The molecule has 106 valence electrons. The Hall–Kier alpha value is -2.07. The quantitative estimate of drug-likeness (QED) is 0.851. The molecule has 0 unspecified atom stereocenters. The van der Waals surface area contributed by atoms with Crippen molar-refractivity contribution < 1.29 is 9.13 Å². The maximum atomic E-state index is 13.7. The number of anilines is 1. The van der Waals surface area contributed by atoms with Crippen molar-refractivity contribution in [1.82, 2.24) is 0 Å². The predicted octanol–water partition coefficient (Wildman–Crippen LogP) is 2.95. The number of methoxy groups -OCH3 is 1. The zero-order valence-corrected chi connectivity index (χ0v) is 11.5. The molecule has 2 aromatic carbocycles. The molecule has 0 radical (unpaired) electrons. The highest BCUT2D eigenvalue weighted by Gasteiger charge is 2.02. The van der Waals surface area contributed by atoms with Crippen molar-refractivity contribution in [2.75, 3.05) is 19.0 Å². The summed E-state index contributed by atoms with van der Waals surface area (Å²) < 4.78 is 18.8. The first-order valence-corrected chi connectivity index (χ1v) is 6.58. The molecule has 2 rings (SSSR count). The van der Waals surface area contributed by atoms with Crippen molar-refractivity contribution in [3.05, 3.63) is 59.4 Å². The van der Waals surface area contributed by atoms with Gasteiger partial charge >= 0.3 is 0 Å². The molecule has 0 aromatic heterocycles. The minimum atomic E-state index is -0.261. The number of nitrogens with one attached hydrogen (secondary N) is 1. The molecule has 0 spiro atoms. The molecule has 2 aromatic rings. The lowest BCUT2D eigenvalue weighted by molar-refractivity contribution is 0.414. The van der Waals surface area contributed by atoms with Crippen molar-refractivity contribution in [2.45, 2.75) is 13.0 Å². The minimum absolute atomic E-state index is 0.261. The fraction of sp³-hybridized carbons (Fsp3) is 0.250. The van der Waals surface area contributed by atoms with Gasteiger partial charge in [0, 0.05) is 13.1 Å². The van der Waals surface area contributed by atoms with Crippen molar-refractivity contribution >= 4 is 5.69 Å². The fourth-order valence-corrected chi connectivity index (χ4v) is 1.96. The van der Waals surface area contributed by atoms with Gasteiger partial charge in [-0.25, -0.2) is 4.39 Å². The molecule has 0 atom stereocenters. The molecule has 0 aliphatic rings. The van der Waals surface area contributed by atoms with Gasteiger partial charge in [-0.15, -0.1) is 0 Å². The molecule has 0 aliphatic heterocycles. The average Bonchev–Trinajstić information content (AvgIpc) is 2.49. The molecule has 0 amide bonds. The summed E-state index contributed by atoms with van der Waals surface area (Å²) in [5.41, 5.74) is 7.95. The van der Waals surface area contributed by atoms with E-state index < -0.39 is 0 Å². The Morgan fingerprint density at radius 3 is 2.40 bits per heavy atom. The van der Waals surface area contributed by atoms with Crippen LogP contribution in [0.15, 0.2) is 42.5 Å². The number of hydrogen-bond donors (Lipinski definition) is 2. The third-order valence-corrected chi connectivity index (χ3v) is 3.16. The van der Waals surface area contributed by atoms with E-state index in [4.69, 9.17) is 10.5 Å². The Balaban J connectivity index is 1.88. The summed E-state index contributed by atoms with van der Waals surface area (Å²) in [5, 5.41) is 3.09.